The van der Waals surface area contributed by atoms with Gasteiger partial charge in [0, 0.05) is 6.04 Å². The van der Waals surface area contributed by atoms with Crippen LogP contribution in [0.4, 0.5) is 5.69 Å². The van der Waals surface area contributed by atoms with Crippen LogP contribution in [-0.2, 0) is 17.8 Å². The van der Waals surface area contributed by atoms with Crippen molar-refractivity contribution in [3.63, 3.8) is 0 Å². The third-order valence-electron chi connectivity index (χ3n) is 4.84. The van der Waals surface area contributed by atoms with Gasteiger partial charge in [0.1, 0.15) is 5.75 Å². The molecule has 8 heteroatoms. The first-order valence-electron chi connectivity index (χ1n) is 9.23. The van der Waals surface area contributed by atoms with Crippen LogP contribution in [0.1, 0.15) is 36.2 Å². The second-order valence-corrected chi connectivity index (χ2v) is 7.49. The van der Waals surface area contributed by atoms with Crippen LogP contribution in [0.5, 0.6) is 5.75 Å². The van der Waals surface area contributed by atoms with E-state index < -0.39 is 0 Å². The number of amides is 1. The van der Waals surface area contributed by atoms with Crippen LogP contribution in [0.15, 0.2) is 45.6 Å². The molecule has 146 valence electrons. The smallest absolute Gasteiger partial charge is 0.240 e. The number of rotatable bonds is 7. The summed E-state index contributed by atoms with van der Waals surface area (Å²) in [5.74, 6) is 1.32. The number of carbonyl (C=O) groups excluding carboxylic acids is 1. The number of thiophene rings is 1. The van der Waals surface area contributed by atoms with E-state index in [1.165, 1.54) is 5.56 Å². The highest BCUT2D eigenvalue weighted by Crippen LogP contribution is 2.33. The fourth-order valence-electron chi connectivity index (χ4n) is 3.54. The summed E-state index contributed by atoms with van der Waals surface area (Å²) >= 11 is 1.72. The maximum Gasteiger partial charge on any atom is 0.240 e. The summed E-state index contributed by atoms with van der Waals surface area (Å²) in [7, 11) is 1.57. The van der Waals surface area contributed by atoms with Gasteiger partial charge in [-0.25, -0.2) is 0 Å². The first-order chi connectivity index (χ1) is 13.7. The lowest BCUT2D eigenvalue weighted by atomic mass is 10.1. The fraction of sp³-hybridized carbons (Fsp3) is 0.350. The molecule has 28 heavy (non-hydrogen) atoms. The molecule has 7 nitrogen and oxygen atoms in total. The van der Waals surface area contributed by atoms with E-state index >= 15 is 0 Å². The minimum absolute atomic E-state index is 0.0511. The summed E-state index contributed by atoms with van der Waals surface area (Å²) in [6.07, 6.45) is 2.34. The number of anilines is 1. The average molecular weight is 398 g/mol. The van der Waals surface area contributed by atoms with Gasteiger partial charge in [-0.05, 0) is 53.9 Å². The number of nitrogens with one attached hydrogen (secondary N) is 1. The van der Waals surface area contributed by atoms with Crippen molar-refractivity contribution in [2.24, 2.45) is 0 Å². The van der Waals surface area contributed by atoms with E-state index in [-0.39, 0.29) is 12.3 Å². The topological polar surface area (TPSA) is 80.5 Å². The Balaban J connectivity index is 1.36. The van der Waals surface area contributed by atoms with E-state index in [0.717, 1.165) is 19.4 Å². The van der Waals surface area contributed by atoms with Crippen molar-refractivity contribution >= 4 is 22.9 Å². The SMILES string of the molecule is COc1ccccc1NC(=O)Cc1noc(CN2CCC[C@H]2c2ccsc2)n1. The molecule has 4 rings (SSSR count). The van der Waals surface area contributed by atoms with Crippen LogP contribution in [0.3, 0.4) is 0 Å². The van der Waals surface area contributed by atoms with Crippen molar-refractivity contribution in [2.45, 2.75) is 31.8 Å². The van der Waals surface area contributed by atoms with Gasteiger partial charge in [0.2, 0.25) is 11.8 Å². The van der Waals surface area contributed by atoms with Gasteiger partial charge in [-0.3, -0.25) is 9.69 Å². The summed E-state index contributed by atoms with van der Waals surface area (Å²) in [6, 6.07) is 9.84. The maximum absolute atomic E-state index is 12.3. The first kappa shape index (κ1) is 18.6. The number of para-hydroxylation sites is 2. The minimum atomic E-state index is -0.214. The fourth-order valence-corrected chi connectivity index (χ4v) is 4.25. The molecule has 1 aromatic carbocycles. The first-order valence-corrected chi connectivity index (χ1v) is 10.2. The Hall–Kier alpha value is -2.71. The maximum atomic E-state index is 12.3. The van der Waals surface area contributed by atoms with E-state index in [0.29, 0.717) is 35.7 Å². The molecule has 1 fully saturated rings. The summed E-state index contributed by atoms with van der Waals surface area (Å²) in [5.41, 5.74) is 1.97. The van der Waals surface area contributed by atoms with Gasteiger partial charge in [0.05, 0.1) is 25.8 Å². The van der Waals surface area contributed by atoms with Crippen LogP contribution in [-0.4, -0.2) is 34.6 Å². The quantitative estimate of drug-likeness (QED) is 0.654. The van der Waals surface area contributed by atoms with Gasteiger partial charge in [-0.2, -0.15) is 16.3 Å². The molecule has 1 saturated heterocycles. The molecule has 1 N–H and O–H groups in total. The Kier molecular flexibility index (Phi) is 5.68. The number of likely N-dealkylation sites (tertiary alicyclic amines) is 1. The Labute approximate surface area is 167 Å². The molecule has 0 bridgehead atoms. The molecule has 3 aromatic rings. The minimum Gasteiger partial charge on any atom is -0.495 e. The van der Waals surface area contributed by atoms with Crippen LogP contribution in [0, 0.1) is 0 Å². The molecule has 0 spiro atoms. The lowest BCUT2D eigenvalue weighted by Crippen LogP contribution is -2.22. The van der Waals surface area contributed by atoms with Crippen molar-refractivity contribution in [3.05, 3.63) is 58.4 Å². The second kappa shape index (κ2) is 8.53. The van der Waals surface area contributed by atoms with Crippen LogP contribution >= 0.6 is 11.3 Å². The number of hydrogen-bond acceptors (Lipinski definition) is 7. The number of methoxy groups -OCH3 is 1. The lowest BCUT2D eigenvalue weighted by Gasteiger charge is -2.21. The van der Waals surface area contributed by atoms with Crippen molar-refractivity contribution in [2.75, 3.05) is 19.0 Å². The van der Waals surface area contributed by atoms with Crippen molar-refractivity contribution in [1.29, 1.82) is 0 Å². The van der Waals surface area contributed by atoms with Crippen molar-refractivity contribution in [3.8, 4) is 5.75 Å². The standard InChI is InChI=1S/C20H22N4O3S/c1-26-17-7-3-2-5-15(17)21-19(25)11-18-22-20(27-23-18)12-24-9-4-6-16(24)14-8-10-28-13-14/h2-3,5,7-8,10,13,16H,4,6,9,11-12H2,1H3,(H,21,25)/t16-/m0/s1. The highest BCUT2D eigenvalue weighted by Gasteiger charge is 2.28. The summed E-state index contributed by atoms with van der Waals surface area (Å²) in [4.78, 5) is 19.1. The monoisotopic (exact) mass is 398 g/mol. The van der Waals surface area contributed by atoms with Gasteiger partial charge in [-0.1, -0.05) is 17.3 Å². The van der Waals surface area contributed by atoms with Crippen LogP contribution < -0.4 is 10.1 Å². The summed E-state index contributed by atoms with van der Waals surface area (Å²) < 4.78 is 10.6. The second-order valence-electron chi connectivity index (χ2n) is 6.71. The Morgan fingerprint density at radius 1 is 1.39 bits per heavy atom. The number of nitrogens with zero attached hydrogens (tertiary/aromatic N) is 3. The van der Waals surface area contributed by atoms with Crippen molar-refractivity contribution < 1.29 is 14.1 Å². The number of hydrogen-bond donors (Lipinski definition) is 1. The molecular weight excluding hydrogens is 376 g/mol. The third-order valence-corrected chi connectivity index (χ3v) is 5.54. The van der Waals surface area contributed by atoms with Gasteiger partial charge >= 0.3 is 0 Å². The Morgan fingerprint density at radius 2 is 2.29 bits per heavy atom. The number of ether oxygens (including phenoxy) is 1. The highest BCUT2D eigenvalue weighted by molar-refractivity contribution is 7.07. The molecule has 0 unspecified atom stereocenters. The Bertz CT molecular complexity index is 925. The lowest BCUT2D eigenvalue weighted by molar-refractivity contribution is -0.115. The molecule has 3 heterocycles. The van der Waals surface area contributed by atoms with E-state index in [2.05, 4.69) is 37.2 Å². The summed E-state index contributed by atoms with van der Waals surface area (Å²) in [6.45, 7) is 1.61. The number of aromatic nitrogens is 2. The molecule has 0 saturated carbocycles. The van der Waals surface area contributed by atoms with Gasteiger partial charge < -0.3 is 14.6 Å². The average Bonchev–Trinajstić information content (AvgIpc) is 3.44. The molecule has 2 aromatic heterocycles. The largest absolute Gasteiger partial charge is 0.495 e. The molecular formula is C20H22N4O3S. The van der Waals surface area contributed by atoms with E-state index in [4.69, 9.17) is 9.26 Å². The van der Waals surface area contributed by atoms with Crippen LogP contribution in [0.2, 0.25) is 0 Å². The number of carbonyl (C=O) groups is 1. The van der Waals surface area contributed by atoms with Crippen LogP contribution in [0.25, 0.3) is 0 Å². The zero-order valence-corrected chi connectivity index (χ0v) is 16.4. The molecule has 1 atom stereocenters. The highest BCUT2D eigenvalue weighted by atomic mass is 32.1. The predicted octanol–water partition coefficient (Wildman–Crippen LogP) is 3.66. The molecule has 1 aliphatic rings. The van der Waals surface area contributed by atoms with Gasteiger partial charge in [0.25, 0.3) is 0 Å². The van der Waals surface area contributed by atoms with Gasteiger partial charge in [-0.15, -0.1) is 0 Å². The Morgan fingerprint density at radius 3 is 3.11 bits per heavy atom. The zero-order valence-electron chi connectivity index (χ0n) is 15.6. The van der Waals surface area contributed by atoms with Gasteiger partial charge in [0.15, 0.2) is 5.82 Å². The van der Waals surface area contributed by atoms with E-state index in [1.807, 2.05) is 12.1 Å². The zero-order chi connectivity index (χ0) is 19.3. The van der Waals surface area contributed by atoms with E-state index in [9.17, 15) is 4.79 Å². The summed E-state index contributed by atoms with van der Waals surface area (Å²) in [5, 5.41) is 11.1. The molecule has 1 amide bonds. The van der Waals surface area contributed by atoms with E-state index in [1.54, 1.807) is 30.6 Å². The molecule has 0 radical (unpaired) electrons. The number of benzene rings is 1. The molecule has 1 aliphatic heterocycles. The molecule has 0 aliphatic carbocycles. The predicted molar refractivity (Wildman–Crippen MR) is 106 cm³/mol. The van der Waals surface area contributed by atoms with Crippen molar-refractivity contribution in [1.82, 2.24) is 15.0 Å². The third kappa shape index (κ3) is 4.23. The normalized spacial score (nSPS) is 17.0.